The van der Waals surface area contributed by atoms with Gasteiger partial charge in [0.25, 0.3) is 0 Å². The molecule has 0 fully saturated rings. The van der Waals surface area contributed by atoms with Crippen molar-refractivity contribution in [3.05, 3.63) is 54.0 Å². The first kappa shape index (κ1) is 16.7. The van der Waals surface area contributed by atoms with E-state index < -0.39 is 17.6 Å². The molecule has 0 saturated carbocycles. The molecule has 0 spiro atoms. The fraction of sp³-hybridized carbons (Fsp3) is 0.188. The number of hydrogen-bond donors (Lipinski definition) is 1. The van der Waals surface area contributed by atoms with Crippen LogP contribution in [0.15, 0.2) is 47.1 Å². The topological polar surface area (TPSA) is 45.5 Å². The highest BCUT2D eigenvalue weighted by molar-refractivity contribution is 6.02. The average molecular weight is 324 g/mol. The second-order valence-electron chi connectivity index (χ2n) is 4.96. The van der Waals surface area contributed by atoms with E-state index in [0.29, 0.717) is 11.4 Å². The average Bonchev–Trinajstić information content (AvgIpc) is 2.97. The summed E-state index contributed by atoms with van der Waals surface area (Å²) in [6, 6.07) is 6.99. The van der Waals surface area contributed by atoms with Crippen LogP contribution in [-0.2, 0) is 11.0 Å². The van der Waals surface area contributed by atoms with Crippen LogP contribution < -0.4 is 10.2 Å². The fourth-order valence-electron chi connectivity index (χ4n) is 1.87. The van der Waals surface area contributed by atoms with Crippen molar-refractivity contribution in [2.24, 2.45) is 0 Å². The van der Waals surface area contributed by atoms with Crippen molar-refractivity contribution in [3.8, 4) is 0 Å². The van der Waals surface area contributed by atoms with Gasteiger partial charge in [-0.05, 0) is 36.4 Å². The van der Waals surface area contributed by atoms with E-state index in [-0.39, 0.29) is 5.69 Å². The Morgan fingerprint density at radius 2 is 2.00 bits per heavy atom. The number of carbonyl (C=O) groups is 1. The molecule has 0 aliphatic heterocycles. The number of amides is 1. The third-order valence-electron chi connectivity index (χ3n) is 3.02. The summed E-state index contributed by atoms with van der Waals surface area (Å²) in [5.74, 6) is -0.247. The normalized spacial score (nSPS) is 11.7. The molecule has 1 N–H and O–H groups in total. The molecular weight excluding hydrogens is 309 g/mol. The zero-order valence-corrected chi connectivity index (χ0v) is 12.5. The van der Waals surface area contributed by atoms with Crippen molar-refractivity contribution in [3.63, 3.8) is 0 Å². The van der Waals surface area contributed by atoms with Gasteiger partial charge in [-0.25, -0.2) is 0 Å². The van der Waals surface area contributed by atoms with E-state index >= 15 is 0 Å². The van der Waals surface area contributed by atoms with E-state index in [0.717, 1.165) is 12.1 Å². The van der Waals surface area contributed by atoms with Crippen molar-refractivity contribution in [2.45, 2.75) is 6.18 Å². The molecule has 4 nitrogen and oxygen atoms in total. The lowest BCUT2D eigenvalue weighted by atomic mass is 10.1. The van der Waals surface area contributed by atoms with Gasteiger partial charge in [0, 0.05) is 25.9 Å². The second-order valence-corrected chi connectivity index (χ2v) is 4.96. The molecule has 1 aromatic carbocycles. The smallest absolute Gasteiger partial charge is 0.418 e. The van der Waals surface area contributed by atoms with Crippen molar-refractivity contribution < 1.29 is 22.4 Å². The van der Waals surface area contributed by atoms with Crippen molar-refractivity contribution in [1.82, 2.24) is 0 Å². The minimum absolute atomic E-state index is 0.294. The van der Waals surface area contributed by atoms with E-state index in [4.69, 9.17) is 4.42 Å². The van der Waals surface area contributed by atoms with E-state index in [9.17, 15) is 18.0 Å². The summed E-state index contributed by atoms with van der Waals surface area (Å²) in [4.78, 5) is 13.3. The van der Waals surface area contributed by atoms with Crippen molar-refractivity contribution >= 4 is 23.4 Å². The molecule has 23 heavy (non-hydrogen) atoms. The summed E-state index contributed by atoms with van der Waals surface area (Å²) < 4.78 is 44.4. The fourth-order valence-corrected chi connectivity index (χ4v) is 1.87. The molecule has 0 bridgehead atoms. The number of benzene rings is 1. The Morgan fingerprint density at radius 3 is 2.57 bits per heavy atom. The zero-order chi connectivity index (χ0) is 17.0. The van der Waals surface area contributed by atoms with Crippen LogP contribution in [0, 0.1) is 0 Å². The third kappa shape index (κ3) is 4.38. The first-order valence-corrected chi connectivity index (χ1v) is 6.68. The number of rotatable bonds is 4. The molecule has 0 radical (unpaired) electrons. The standard InChI is InChI=1S/C16H15F3N2O2/c1-21(2)11-5-7-14(13(10-11)16(17,18)19)20-15(22)8-6-12-4-3-9-23-12/h3-10H,1-2H3,(H,20,22). The lowest BCUT2D eigenvalue weighted by Gasteiger charge is -2.18. The Bertz CT molecular complexity index is 705. The number of furan rings is 1. The van der Waals surface area contributed by atoms with Crippen LogP contribution in [0.2, 0.25) is 0 Å². The first-order valence-electron chi connectivity index (χ1n) is 6.68. The molecule has 1 heterocycles. The Balaban J connectivity index is 2.23. The van der Waals surface area contributed by atoms with Crippen LogP contribution >= 0.6 is 0 Å². The lowest BCUT2D eigenvalue weighted by molar-refractivity contribution is -0.136. The quantitative estimate of drug-likeness (QED) is 0.864. The van der Waals surface area contributed by atoms with Gasteiger partial charge in [0.1, 0.15) is 5.76 Å². The van der Waals surface area contributed by atoms with Crippen LogP contribution in [0.1, 0.15) is 11.3 Å². The van der Waals surface area contributed by atoms with E-state index in [1.807, 2.05) is 0 Å². The number of hydrogen-bond acceptors (Lipinski definition) is 3. The minimum atomic E-state index is -4.57. The molecule has 0 saturated heterocycles. The van der Waals surface area contributed by atoms with Crippen molar-refractivity contribution in [1.29, 1.82) is 0 Å². The Labute approximate surface area is 131 Å². The highest BCUT2D eigenvalue weighted by Crippen LogP contribution is 2.37. The molecule has 2 aromatic rings. The van der Waals surface area contributed by atoms with Crippen LogP contribution in [0.4, 0.5) is 24.5 Å². The van der Waals surface area contributed by atoms with Gasteiger partial charge in [0.2, 0.25) is 5.91 Å². The maximum Gasteiger partial charge on any atom is 0.418 e. The van der Waals surface area contributed by atoms with E-state index in [1.165, 1.54) is 24.5 Å². The highest BCUT2D eigenvalue weighted by atomic mass is 19.4. The predicted molar refractivity (Wildman–Crippen MR) is 82.1 cm³/mol. The van der Waals surface area contributed by atoms with Gasteiger partial charge in [-0.15, -0.1) is 0 Å². The molecule has 2 rings (SSSR count). The van der Waals surface area contributed by atoms with E-state index in [2.05, 4.69) is 5.32 Å². The molecule has 0 unspecified atom stereocenters. The number of anilines is 2. The summed E-state index contributed by atoms with van der Waals surface area (Å²) in [5.41, 5.74) is -0.804. The van der Waals surface area contributed by atoms with Crippen molar-refractivity contribution in [2.75, 3.05) is 24.3 Å². The van der Waals surface area contributed by atoms with Crippen LogP contribution in [0.25, 0.3) is 6.08 Å². The zero-order valence-electron chi connectivity index (χ0n) is 12.5. The minimum Gasteiger partial charge on any atom is -0.465 e. The van der Waals surface area contributed by atoms with Gasteiger partial charge < -0.3 is 14.6 Å². The molecule has 1 aromatic heterocycles. The second kappa shape index (κ2) is 6.60. The van der Waals surface area contributed by atoms with Crippen LogP contribution in [0.3, 0.4) is 0 Å². The van der Waals surface area contributed by atoms with Gasteiger partial charge in [-0.2, -0.15) is 13.2 Å². The number of nitrogens with zero attached hydrogens (tertiary/aromatic N) is 1. The number of carbonyl (C=O) groups excluding carboxylic acids is 1. The van der Waals surface area contributed by atoms with Gasteiger partial charge in [-0.1, -0.05) is 0 Å². The number of alkyl halides is 3. The van der Waals surface area contributed by atoms with Gasteiger partial charge in [0.05, 0.1) is 17.5 Å². The van der Waals surface area contributed by atoms with E-state index in [1.54, 1.807) is 31.1 Å². The summed E-state index contributed by atoms with van der Waals surface area (Å²) in [7, 11) is 3.28. The molecular formula is C16H15F3N2O2. The highest BCUT2D eigenvalue weighted by Gasteiger charge is 2.34. The molecule has 0 atom stereocenters. The number of nitrogens with one attached hydrogen (secondary N) is 1. The predicted octanol–water partition coefficient (Wildman–Crippen LogP) is 4.02. The maximum absolute atomic E-state index is 13.1. The summed E-state index contributed by atoms with van der Waals surface area (Å²) in [6.07, 6.45) is -0.658. The maximum atomic E-state index is 13.1. The Hall–Kier alpha value is -2.70. The van der Waals surface area contributed by atoms with Gasteiger partial charge in [0.15, 0.2) is 0 Å². The molecule has 0 aliphatic carbocycles. The summed E-state index contributed by atoms with van der Waals surface area (Å²) in [6.45, 7) is 0. The molecule has 1 amide bonds. The third-order valence-corrected chi connectivity index (χ3v) is 3.02. The van der Waals surface area contributed by atoms with Crippen LogP contribution in [0.5, 0.6) is 0 Å². The number of halogens is 3. The van der Waals surface area contributed by atoms with Gasteiger partial charge in [-0.3, -0.25) is 4.79 Å². The molecule has 0 aliphatic rings. The van der Waals surface area contributed by atoms with Crippen LogP contribution in [-0.4, -0.2) is 20.0 Å². The largest absolute Gasteiger partial charge is 0.465 e. The SMILES string of the molecule is CN(C)c1ccc(NC(=O)C=Cc2ccco2)c(C(F)(F)F)c1. The Kier molecular flexibility index (Phi) is 4.78. The van der Waals surface area contributed by atoms with Gasteiger partial charge >= 0.3 is 6.18 Å². The Morgan fingerprint density at radius 1 is 1.26 bits per heavy atom. The summed E-state index contributed by atoms with van der Waals surface area (Å²) in [5, 5.41) is 2.24. The summed E-state index contributed by atoms with van der Waals surface area (Å²) >= 11 is 0. The first-order chi connectivity index (χ1) is 10.8. The monoisotopic (exact) mass is 324 g/mol. The molecule has 7 heteroatoms. The molecule has 122 valence electrons. The lowest BCUT2D eigenvalue weighted by Crippen LogP contribution is -2.16.